The highest BCUT2D eigenvalue weighted by Crippen LogP contribution is 2.28. The van der Waals surface area contributed by atoms with Gasteiger partial charge in [-0.15, -0.1) is 0 Å². The van der Waals surface area contributed by atoms with Crippen LogP contribution in [0.3, 0.4) is 0 Å². The Balaban J connectivity index is 1.63. The summed E-state index contributed by atoms with van der Waals surface area (Å²) in [5.74, 6) is 0.754. The van der Waals surface area contributed by atoms with Crippen LogP contribution in [0.1, 0.15) is 44.1 Å². The molecule has 1 aromatic rings. The predicted molar refractivity (Wildman–Crippen MR) is 84.7 cm³/mol. The first-order valence-corrected chi connectivity index (χ1v) is 8.52. The minimum atomic E-state index is -0.0658. The Morgan fingerprint density at radius 2 is 1.90 bits per heavy atom. The van der Waals surface area contributed by atoms with E-state index in [-0.39, 0.29) is 5.82 Å². The molecule has 1 unspecified atom stereocenters. The Bertz CT molecular complexity index is 443. The summed E-state index contributed by atoms with van der Waals surface area (Å²) in [6.07, 6.45) is 8.07. The van der Waals surface area contributed by atoms with Gasteiger partial charge in [0.05, 0.1) is 0 Å². The lowest BCUT2D eigenvalue weighted by molar-refractivity contribution is 0.200. The van der Waals surface area contributed by atoms with Gasteiger partial charge >= 0.3 is 0 Å². The molecule has 3 heteroatoms. The molecular formula is C18H27FN2. The van der Waals surface area contributed by atoms with Gasteiger partial charge in [0.15, 0.2) is 0 Å². The number of rotatable bonds is 3. The van der Waals surface area contributed by atoms with Crippen molar-refractivity contribution in [1.82, 2.24) is 10.2 Å². The van der Waals surface area contributed by atoms with E-state index in [4.69, 9.17) is 0 Å². The first-order valence-electron chi connectivity index (χ1n) is 8.52. The molecule has 1 saturated carbocycles. The maximum absolute atomic E-state index is 13.9. The molecule has 0 aromatic heterocycles. The van der Waals surface area contributed by atoms with Crippen molar-refractivity contribution in [2.75, 3.05) is 19.6 Å². The van der Waals surface area contributed by atoms with Crippen LogP contribution in [-0.4, -0.2) is 30.6 Å². The third-order valence-corrected chi connectivity index (χ3v) is 5.08. The second kappa shape index (κ2) is 7.37. The fourth-order valence-electron chi connectivity index (χ4n) is 3.89. The Morgan fingerprint density at radius 3 is 2.71 bits per heavy atom. The molecule has 1 aliphatic heterocycles. The van der Waals surface area contributed by atoms with Crippen LogP contribution in [0, 0.1) is 11.7 Å². The maximum atomic E-state index is 13.9. The van der Waals surface area contributed by atoms with Gasteiger partial charge in [0.1, 0.15) is 5.82 Å². The molecule has 2 aliphatic rings. The van der Waals surface area contributed by atoms with E-state index in [1.807, 2.05) is 12.1 Å². The molecule has 21 heavy (non-hydrogen) atoms. The summed E-state index contributed by atoms with van der Waals surface area (Å²) in [5.41, 5.74) is 0.835. The van der Waals surface area contributed by atoms with E-state index in [1.165, 1.54) is 32.1 Å². The summed E-state index contributed by atoms with van der Waals surface area (Å²) in [7, 11) is 0. The number of hydrogen-bond acceptors (Lipinski definition) is 2. The summed E-state index contributed by atoms with van der Waals surface area (Å²) in [4.78, 5) is 2.44. The van der Waals surface area contributed by atoms with Gasteiger partial charge in [0.2, 0.25) is 0 Å². The number of benzene rings is 1. The average Bonchev–Trinajstić information content (AvgIpc) is 2.76. The fourth-order valence-corrected chi connectivity index (χ4v) is 3.89. The summed E-state index contributed by atoms with van der Waals surface area (Å²) in [6.45, 7) is 4.00. The smallest absolute Gasteiger partial charge is 0.127 e. The van der Waals surface area contributed by atoms with Gasteiger partial charge in [-0.2, -0.15) is 0 Å². The molecule has 116 valence electrons. The first-order chi connectivity index (χ1) is 10.3. The highest BCUT2D eigenvalue weighted by atomic mass is 19.1. The first kappa shape index (κ1) is 15.0. The van der Waals surface area contributed by atoms with Crippen molar-refractivity contribution in [2.24, 2.45) is 5.92 Å². The number of nitrogens with one attached hydrogen (secondary N) is 1. The molecule has 1 aliphatic carbocycles. The van der Waals surface area contributed by atoms with Crippen LogP contribution in [0.15, 0.2) is 24.3 Å². The van der Waals surface area contributed by atoms with Crippen LogP contribution in [0.2, 0.25) is 0 Å². The number of halogens is 1. The van der Waals surface area contributed by atoms with Crippen LogP contribution in [-0.2, 0) is 6.54 Å². The van der Waals surface area contributed by atoms with E-state index in [9.17, 15) is 4.39 Å². The van der Waals surface area contributed by atoms with Gasteiger partial charge in [-0.05, 0) is 44.3 Å². The van der Waals surface area contributed by atoms with Gasteiger partial charge in [-0.3, -0.25) is 4.90 Å². The molecule has 0 amide bonds. The minimum Gasteiger partial charge on any atom is -0.312 e. The van der Waals surface area contributed by atoms with Gasteiger partial charge in [-0.1, -0.05) is 37.5 Å². The molecule has 2 nitrogen and oxygen atoms in total. The minimum absolute atomic E-state index is 0.0658. The van der Waals surface area contributed by atoms with Crippen LogP contribution >= 0.6 is 0 Å². The van der Waals surface area contributed by atoms with Crippen molar-refractivity contribution in [3.63, 3.8) is 0 Å². The second-order valence-corrected chi connectivity index (χ2v) is 6.64. The van der Waals surface area contributed by atoms with E-state index in [0.29, 0.717) is 6.04 Å². The molecule has 1 atom stereocenters. The van der Waals surface area contributed by atoms with Crippen LogP contribution < -0.4 is 5.32 Å². The summed E-state index contributed by atoms with van der Waals surface area (Å²) < 4.78 is 13.9. The van der Waals surface area contributed by atoms with E-state index in [0.717, 1.165) is 44.1 Å². The summed E-state index contributed by atoms with van der Waals surface area (Å²) in [6, 6.07) is 7.80. The molecule has 0 spiro atoms. The predicted octanol–water partition coefficient (Wildman–Crippen LogP) is 3.57. The van der Waals surface area contributed by atoms with Gasteiger partial charge < -0.3 is 5.32 Å². The molecule has 0 radical (unpaired) electrons. The largest absolute Gasteiger partial charge is 0.312 e. The van der Waals surface area contributed by atoms with E-state index < -0.39 is 0 Å². The van der Waals surface area contributed by atoms with Gasteiger partial charge in [0.25, 0.3) is 0 Å². The van der Waals surface area contributed by atoms with Gasteiger partial charge in [0, 0.05) is 24.7 Å². The normalized spacial score (nSPS) is 25.7. The lowest BCUT2D eigenvalue weighted by Gasteiger charge is -2.33. The van der Waals surface area contributed by atoms with Crippen molar-refractivity contribution in [3.05, 3.63) is 35.6 Å². The van der Waals surface area contributed by atoms with Crippen molar-refractivity contribution < 1.29 is 4.39 Å². The SMILES string of the molecule is Fc1ccccc1CN1CCCNC(C2CCCCC2)C1. The average molecular weight is 290 g/mol. The third-order valence-electron chi connectivity index (χ3n) is 5.08. The van der Waals surface area contributed by atoms with E-state index in [1.54, 1.807) is 12.1 Å². The zero-order valence-electron chi connectivity index (χ0n) is 12.9. The van der Waals surface area contributed by atoms with E-state index in [2.05, 4.69) is 10.2 Å². The van der Waals surface area contributed by atoms with Crippen LogP contribution in [0.4, 0.5) is 4.39 Å². The zero-order chi connectivity index (χ0) is 14.5. The zero-order valence-corrected chi connectivity index (χ0v) is 12.9. The highest BCUT2D eigenvalue weighted by Gasteiger charge is 2.27. The van der Waals surface area contributed by atoms with Crippen LogP contribution in [0.25, 0.3) is 0 Å². The summed E-state index contributed by atoms with van der Waals surface area (Å²) >= 11 is 0. The molecule has 3 rings (SSSR count). The Kier molecular flexibility index (Phi) is 5.26. The summed E-state index contributed by atoms with van der Waals surface area (Å²) in [5, 5.41) is 3.75. The second-order valence-electron chi connectivity index (χ2n) is 6.64. The third kappa shape index (κ3) is 4.04. The van der Waals surface area contributed by atoms with Gasteiger partial charge in [-0.25, -0.2) is 4.39 Å². The molecule has 1 N–H and O–H groups in total. The van der Waals surface area contributed by atoms with E-state index >= 15 is 0 Å². The topological polar surface area (TPSA) is 15.3 Å². The highest BCUT2D eigenvalue weighted by molar-refractivity contribution is 5.17. The van der Waals surface area contributed by atoms with Crippen LogP contribution in [0.5, 0.6) is 0 Å². The van der Waals surface area contributed by atoms with Crippen molar-refractivity contribution in [3.8, 4) is 0 Å². The molecule has 2 fully saturated rings. The number of nitrogens with zero attached hydrogens (tertiary/aromatic N) is 1. The molecule has 1 heterocycles. The lowest BCUT2D eigenvalue weighted by Crippen LogP contribution is -2.43. The molecule has 1 saturated heterocycles. The maximum Gasteiger partial charge on any atom is 0.127 e. The molecule has 1 aromatic carbocycles. The number of hydrogen-bond donors (Lipinski definition) is 1. The molecular weight excluding hydrogens is 263 g/mol. The monoisotopic (exact) mass is 290 g/mol. The standard InChI is InChI=1S/C18H27FN2/c19-17-10-5-4-9-16(17)13-21-12-6-11-20-18(14-21)15-7-2-1-3-8-15/h4-5,9-10,15,18,20H,1-3,6-8,11-14H2. The Morgan fingerprint density at radius 1 is 1.10 bits per heavy atom. The Hall–Kier alpha value is -0.930. The van der Waals surface area contributed by atoms with Crippen molar-refractivity contribution in [1.29, 1.82) is 0 Å². The quantitative estimate of drug-likeness (QED) is 0.915. The van der Waals surface area contributed by atoms with Crippen molar-refractivity contribution in [2.45, 2.75) is 51.1 Å². The van der Waals surface area contributed by atoms with Crippen molar-refractivity contribution >= 4 is 0 Å². The molecule has 0 bridgehead atoms. The Labute approximate surface area is 127 Å². The lowest BCUT2D eigenvalue weighted by atomic mass is 9.83. The fraction of sp³-hybridized carbons (Fsp3) is 0.667.